The first-order chi connectivity index (χ1) is 20.7. The summed E-state index contributed by atoms with van der Waals surface area (Å²) in [5.74, 6) is 0.746. The van der Waals surface area contributed by atoms with Gasteiger partial charge >= 0.3 is 0 Å². The fourth-order valence-corrected chi connectivity index (χ4v) is 5.02. The van der Waals surface area contributed by atoms with Gasteiger partial charge < -0.3 is 14.0 Å². The minimum atomic E-state index is 0. The normalized spacial score (nSPS) is 10.8. The first-order valence-corrected chi connectivity index (χ1v) is 13.7. The number of furan rings is 1. The van der Waals surface area contributed by atoms with Crippen molar-refractivity contribution in [2.24, 2.45) is 0 Å². The fourth-order valence-electron chi connectivity index (χ4n) is 5.02. The van der Waals surface area contributed by atoms with E-state index in [0.29, 0.717) is 11.4 Å². The number of benzene rings is 3. The van der Waals surface area contributed by atoms with Crippen LogP contribution in [0, 0.1) is 26.0 Å². The van der Waals surface area contributed by atoms with Gasteiger partial charge in [0.25, 0.3) is 0 Å². The first kappa shape index (κ1) is 28.2. The van der Waals surface area contributed by atoms with Crippen LogP contribution in [0.15, 0.2) is 120 Å². The van der Waals surface area contributed by atoms with Crippen molar-refractivity contribution in [2.45, 2.75) is 13.8 Å². The van der Waals surface area contributed by atoms with Crippen LogP contribution in [0.4, 0.5) is 0 Å². The van der Waals surface area contributed by atoms with E-state index in [9.17, 15) is 0 Å². The average Bonchev–Trinajstić information content (AvgIpc) is 3.60. The average molecular weight is 736 g/mol. The monoisotopic (exact) mass is 736 g/mol. The van der Waals surface area contributed by atoms with E-state index in [1.807, 2.05) is 98.8 Å². The van der Waals surface area contributed by atoms with E-state index in [4.69, 9.17) is 9.40 Å². The van der Waals surface area contributed by atoms with Crippen molar-refractivity contribution in [3.05, 3.63) is 139 Å². The molecule has 8 rings (SSSR count). The zero-order valence-corrected chi connectivity index (χ0v) is 25.8. The van der Waals surface area contributed by atoms with Crippen LogP contribution in [0.2, 0.25) is 0 Å². The van der Waals surface area contributed by atoms with Gasteiger partial charge in [-0.05, 0) is 62.0 Å². The maximum Gasteiger partial charge on any atom is 0.216 e. The number of rotatable bonds is 3. The van der Waals surface area contributed by atoms with Crippen LogP contribution < -0.4 is 0 Å². The van der Waals surface area contributed by atoms with Gasteiger partial charge in [0.2, 0.25) is 5.71 Å². The number of imidazole rings is 1. The Morgan fingerprint density at radius 1 is 0.674 bits per heavy atom. The Labute approximate surface area is 262 Å². The molecule has 0 aliphatic carbocycles. The molecule has 7 heteroatoms. The molecule has 0 aliphatic heterocycles. The Morgan fingerprint density at radius 2 is 1.47 bits per heavy atom. The van der Waals surface area contributed by atoms with Crippen LogP contribution in [0.1, 0.15) is 11.4 Å². The van der Waals surface area contributed by atoms with E-state index >= 15 is 0 Å². The maximum absolute atomic E-state index is 6.21. The predicted molar refractivity (Wildman–Crippen MR) is 166 cm³/mol. The standard InChI is InChI=1S/C25H17N4O.C11H8N.Ir/c1-15-12-14-21-23(26-15)28-24(29(21)17-7-4-3-5-8-17)20-10-6-9-18-19-13-11-16(2)27-25(19)30-22(18)20;1-2-6-10(7-3-1)11-8-4-5-9-12-11;/h3-9,11-14H,1-2H3;1-6,8-9H;/q2*-1;. The van der Waals surface area contributed by atoms with Crippen molar-refractivity contribution in [3.63, 3.8) is 0 Å². The third kappa shape index (κ3) is 5.48. The number of hydrogen-bond acceptors (Lipinski definition) is 5. The second-order valence-electron chi connectivity index (χ2n) is 9.90. The van der Waals surface area contributed by atoms with Crippen LogP contribution in [0.5, 0.6) is 0 Å². The number of para-hydroxylation sites is 1. The molecular formula is C36H25IrN5O-2. The van der Waals surface area contributed by atoms with Gasteiger partial charge in [-0.25, -0.2) is 9.97 Å². The predicted octanol–water partition coefficient (Wildman–Crippen LogP) is 8.35. The van der Waals surface area contributed by atoms with Crippen LogP contribution in [-0.2, 0) is 20.1 Å². The largest absolute Gasteiger partial charge is 0.486 e. The first-order valence-electron chi connectivity index (χ1n) is 13.7. The Kier molecular flexibility index (Phi) is 7.92. The van der Waals surface area contributed by atoms with E-state index in [2.05, 4.69) is 55.9 Å². The molecule has 8 aromatic rings. The molecule has 0 amide bonds. The third-order valence-electron chi connectivity index (χ3n) is 6.98. The second kappa shape index (κ2) is 12.1. The Bertz CT molecular complexity index is 2120. The molecule has 0 unspecified atom stereocenters. The molecule has 6 nitrogen and oxygen atoms in total. The maximum atomic E-state index is 6.21. The second-order valence-corrected chi connectivity index (χ2v) is 9.90. The number of pyridine rings is 3. The van der Waals surface area contributed by atoms with Crippen molar-refractivity contribution in [3.8, 4) is 28.3 Å². The van der Waals surface area contributed by atoms with E-state index < -0.39 is 0 Å². The SMILES string of the molecule is Cc1ccc2c(n1)nc(-c1[c-]ccc3c1oc1nc(C)ccc13)n2-c1ccccc1.[Ir].[c-]1ccccc1-c1ccccn1. The Morgan fingerprint density at radius 3 is 2.26 bits per heavy atom. The van der Waals surface area contributed by atoms with Gasteiger partial charge in [0.1, 0.15) is 0 Å². The zero-order valence-electron chi connectivity index (χ0n) is 23.4. The van der Waals surface area contributed by atoms with Crippen molar-refractivity contribution >= 4 is 33.2 Å². The van der Waals surface area contributed by atoms with E-state index in [0.717, 1.165) is 61.6 Å². The molecule has 0 aliphatic rings. The molecule has 0 bridgehead atoms. The number of aromatic nitrogens is 5. The van der Waals surface area contributed by atoms with Gasteiger partial charge in [0.15, 0.2) is 5.65 Å². The molecule has 0 fully saturated rings. The van der Waals surface area contributed by atoms with Crippen LogP contribution >= 0.6 is 0 Å². The summed E-state index contributed by atoms with van der Waals surface area (Å²) in [5, 5.41) is 1.99. The molecule has 0 saturated heterocycles. The summed E-state index contributed by atoms with van der Waals surface area (Å²) in [6.07, 6.45) is 1.79. The van der Waals surface area contributed by atoms with Gasteiger partial charge in [-0.15, -0.1) is 54.1 Å². The molecular weight excluding hydrogens is 711 g/mol. The van der Waals surface area contributed by atoms with Crippen LogP contribution in [0.25, 0.3) is 61.6 Å². The van der Waals surface area contributed by atoms with Gasteiger partial charge in [0, 0.05) is 48.8 Å². The molecule has 0 atom stereocenters. The quantitative estimate of drug-likeness (QED) is 0.171. The summed E-state index contributed by atoms with van der Waals surface area (Å²) in [6.45, 7) is 3.93. The summed E-state index contributed by atoms with van der Waals surface area (Å²) in [6, 6.07) is 42.4. The molecule has 0 N–H and O–H groups in total. The molecule has 43 heavy (non-hydrogen) atoms. The molecule has 3 aromatic carbocycles. The third-order valence-corrected chi connectivity index (χ3v) is 6.98. The summed E-state index contributed by atoms with van der Waals surface area (Å²) in [5.41, 5.74) is 8.66. The van der Waals surface area contributed by atoms with E-state index in [1.165, 1.54) is 0 Å². The van der Waals surface area contributed by atoms with Crippen molar-refractivity contribution in [1.82, 2.24) is 24.5 Å². The molecule has 5 heterocycles. The number of aryl methyl sites for hydroxylation is 2. The Balaban J connectivity index is 0.000000213. The van der Waals surface area contributed by atoms with Crippen molar-refractivity contribution in [1.29, 1.82) is 0 Å². The Hall–Kier alpha value is -4.97. The van der Waals surface area contributed by atoms with Gasteiger partial charge in [-0.2, -0.15) is 0 Å². The number of nitrogens with zero attached hydrogens (tertiary/aromatic N) is 5. The van der Waals surface area contributed by atoms with Gasteiger partial charge in [-0.3, -0.25) is 4.98 Å². The zero-order chi connectivity index (χ0) is 28.5. The molecule has 5 aromatic heterocycles. The van der Waals surface area contributed by atoms with Crippen LogP contribution in [-0.4, -0.2) is 24.5 Å². The molecule has 0 saturated carbocycles. The van der Waals surface area contributed by atoms with Crippen LogP contribution in [0.3, 0.4) is 0 Å². The summed E-state index contributed by atoms with van der Waals surface area (Å²) in [4.78, 5) is 18.3. The number of hydrogen-bond donors (Lipinski definition) is 0. The topological polar surface area (TPSA) is 69.6 Å². The summed E-state index contributed by atoms with van der Waals surface area (Å²) >= 11 is 0. The number of fused-ring (bicyclic) bond motifs is 4. The van der Waals surface area contributed by atoms with Crippen molar-refractivity contribution < 1.29 is 24.5 Å². The minimum Gasteiger partial charge on any atom is -0.486 e. The summed E-state index contributed by atoms with van der Waals surface area (Å²) in [7, 11) is 0. The smallest absolute Gasteiger partial charge is 0.216 e. The van der Waals surface area contributed by atoms with Gasteiger partial charge in [0.05, 0.1) is 16.9 Å². The van der Waals surface area contributed by atoms with E-state index in [-0.39, 0.29) is 20.1 Å². The summed E-state index contributed by atoms with van der Waals surface area (Å²) < 4.78 is 8.32. The van der Waals surface area contributed by atoms with Crippen molar-refractivity contribution in [2.75, 3.05) is 0 Å². The molecule has 0 spiro atoms. The van der Waals surface area contributed by atoms with E-state index in [1.54, 1.807) is 6.20 Å². The molecule has 1 radical (unpaired) electrons. The fraction of sp³-hybridized carbons (Fsp3) is 0.0556. The molecule has 211 valence electrons. The minimum absolute atomic E-state index is 0. The van der Waals surface area contributed by atoms with Gasteiger partial charge in [-0.1, -0.05) is 41.3 Å².